The number of morpholine rings is 1. The van der Waals surface area contributed by atoms with E-state index in [9.17, 15) is 4.79 Å². The molecule has 0 unspecified atom stereocenters. The summed E-state index contributed by atoms with van der Waals surface area (Å²) in [5.41, 5.74) is 6.22. The lowest BCUT2D eigenvalue weighted by Crippen LogP contribution is -2.42. The van der Waals surface area contributed by atoms with Crippen LogP contribution < -0.4 is 4.90 Å². The van der Waals surface area contributed by atoms with Crippen molar-refractivity contribution in [1.82, 2.24) is 0 Å². The van der Waals surface area contributed by atoms with Crippen molar-refractivity contribution < 1.29 is 9.53 Å². The number of hydrogen-bond acceptors (Lipinski definition) is 2. The van der Waals surface area contributed by atoms with Crippen molar-refractivity contribution in [2.75, 3.05) is 24.7 Å². The highest BCUT2D eigenvalue weighted by atomic mass is 16.5. The smallest absolute Gasteiger partial charge is 0.253 e. The van der Waals surface area contributed by atoms with Crippen LogP contribution in [0.3, 0.4) is 0 Å². The third-order valence-corrected chi connectivity index (χ3v) is 4.10. The van der Waals surface area contributed by atoms with Crippen LogP contribution in [0, 0.1) is 0 Å². The lowest BCUT2D eigenvalue weighted by Gasteiger charge is -2.28. The minimum absolute atomic E-state index is 0.0561. The Hall–Kier alpha value is -2.13. The van der Waals surface area contributed by atoms with Crippen LogP contribution in [0.2, 0.25) is 0 Å². The van der Waals surface area contributed by atoms with Crippen molar-refractivity contribution >= 4 is 11.6 Å². The standard InChI is InChI=1S/C17H15NO2/c19-17-11-20-9-8-18(17)16-7-3-6-14-13-5-2-1-4-12(13)10-15(14)16/h1-7H,8-11H2. The molecule has 4 rings (SSSR count). The van der Waals surface area contributed by atoms with Gasteiger partial charge in [0, 0.05) is 18.7 Å². The number of carbonyl (C=O) groups excluding carboxylic acids is 1. The Morgan fingerprint density at radius 1 is 1.00 bits per heavy atom. The van der Waals surface area contributed by atoms with Gasteiger partial charge in [0.05, 0.1) is 6.61 Å². The van der Waals surface area contributed by atoms with Gasteiger partial charge >= 0.3 is 0 Å². The fourth-order valence-electron chi connectivity index (χ4n) is 3.17. The predicted octanol–water partition coefficient (Wildman–Crippen LogP) is 2.62. The Balaban J connectivity index is 1.83. The van der Waals surface area contributed by atoms with Crippen molar-refractivity contribution in [3.63, 3.8) is 0 Å². The first-order valence-corrected chi connectivity index (χ1v) is 6.93. The lowest BCUT2D eigenvalue weighted by atomic mass is 10.0. The minimum atomic E-state index is 0.0561. The number of carbonyl (C=O) groups is 1. The number of benzene rings is 2. The topological polar surface area (TPSA) is 29.5 Å². The molecule has 0 spiro atoms. The Labute approximate surface area is 117 Å². The highest BCUT2D eigenvalue weighted by Crippen LogP contribution is 2.41. The first-order chi connectivity index (χ1) is 9.84. The van der Waals surface area contributed by atoms with Crippen LogP contribution in [-0.2, 0) is 16.0 Å². The summed E-state index contributed by atoms with van der Waals surface area (Å²) >= 11 is 0. The van der Waals surface area contributed by atoms with E-state index in [1.165, 1.54) is 22.3 Å². The summed E-state index contributed by atoms with van der Waals surface area (Å²) in [6, 6.07) is 14.7. The molecule has 0 saturated carbocycles. The van der Waals surface area contributed by atoms with Gasteiger partial charge in [0.1, 0.15) is 6.61 Å². The van der Waals surface area contributed by atoms with E-state index in [0.717, 1.165) is 12.1 Å². The molecule has 1 aliphatic carbocycles. The molecule has 0 atom stereocenters. The first kappa shape index (κ1) is 11.7. The fourth-order valence-corrected chi connectivity index (χ4v) is 3.17. The summed E-state index contributed by atoms with van der Waals surface area (Å²) < 4.78 is 5.22. The molecule has 2 aliphatic rings. The van der Waals surface area contributed by atoms with E-state index in [4.69, 9.17) is 4.74 Å². The van der Waals surface area contributed by atoms with Crippen LogP contribution in [0.15, 0.2) is 42.5 Å². The van der Waals surface area contributed by atoms with Crippen LogP contribution >= 0.6 is 0 Å². The second kappa shape index (κ2) is 4.46. The van der Waals surface area contributed by atoms with Crippen LogP contribution in [-0.4, -0.2) is 25.7 Å². The molecule has 1 saturated heterocycles. The summed E-state index contributed by atoms with van der Waals surface area (Å²) in [5.74, 6) is 0.0561. The Bertz CT molecular complexity index is 693. The van der Waals surface area contributed by atoms with Crippen LogP contribution in [0.4, 0.5) is 5.69 Å². The van der Waals surface area contributed by atoms with Gasteiger partial charge in [-0.25, -0.2) is 0 Å². The molecule has 2 aromatic rings. The predicted molar refractivity (Wildman–Crippen MR) is 77.9 cm³/mol. The highest BCUT2D eigenvalue weighted by molar-refractivity contribution is 5.97. The van der Waals surface area contributed by atoms with Gasteiger partial charge in [0.25, 0.3) is 5.91 Å². The van der Waals surface area contributed by atoms with Gasteiger partial charge in [-0.15, -0.1) is 0 Å². The molecule has 1 heterocycles. The van der Waals surface area contributed by atoms with Crippen molar-refractivity contribution in [3.8, 4) is 11.1 Å². The maximum Gasteiger partial charge on any atom is 0.253 e. The summed E-state index contributed by atoms with van der Waals surface area (Å²) in [5, 5.41) is 0. The lowest BCUT2D eigenvalue weighted by molar-refractivity contribution is -0.125. The molecule has 100 valence electrons. The van der Waals surface area contributed by atoms with Crippen molar-refractivity contribution in [2.45, 2.75) is 6.42 Å². The number of rotatable bonds is 1. The molecular weight excluding hydrogens is 250 g/mol. The van der Waals surface area contributed by atoms with E-state index in [1.54, 1.807) is 0 Å². The SMILES string of the molecule is O=C1COCCN1c1cccc2c1Cc1ccccc1-2. The molecule has 3 heteroatoms. The van der Waals surface area contributed by atoms with Crippen molar-refractivity contribution in [3.05, 3.63) is 53.6 Å². The molecule has 20 heavy (non-hydrogen) atoms. The third kappa shape index (κ3) is 1.67. The van der Waals surface area contributed by atoms with Gasteiger partial charge in [0.15, 0.2) is 0 Å². The second-order valence-corrected chi connectivity index (χ2v) is 5.24. The normalized spacial score (nSPS) is 17.0. The molecule has 1 fully saturated rings. The molecule has 1 aliphatic heterocycles. The number of nitrogens with zero attached hydrogens (tertiary/aromatic N) is 1. The molecule has 0 radical (unpaired) electrons. The van der Waals surface area contributed by atoms with E-state index in [0.29, 0.717) is 13.2 Å². The Kier molecular flexibility index (Phi) is 2.60. The largest absolute Gasteiger partial charge is 0.370 e. The Morgan fingerprint density at radius 2 is 1.85 bits per heavy atom. The Morgan fingerprint density at radius 3 is 2.75 bits per heavy atom. The maximum absolute atomic E-state index is 12.1. The summed E-state index contributed by atoms with van der Waals surface area (Å²) in [6.07, 6.45) is 0.909. The third-order valence-electron chi connectivity index (χ3n) is 4.10. The van der Waals surface area contributed by atoms with E-state index < -0.39 is 0 Å². The first-order valence-electron chi connectivity index (χ1n) is 6.93. The zero-order valence-corrected chi connectivity index (χ0v) is 11.1. The number of fused-ring (bicyclic) bond motifs is 3. The summed E-state index contributed by atoms with van der Waals surface area (Å²) in [4.78, 5) is 13.9. The summed E-state index contributed by atoms with van der Waals surface area (Å²) in [6.45, 7) is 1.45. The number of amides is 1. The monoisotopic (exact) mass is 265 g/mol. The van der Waals surface area contributed by atoms with E-state index >= 15 is 0 Å². The van der Waals surface area contributed by atoms with Crippen molar-refractivity contribution in [1.29, 1.82) is 0 Å². The molecule has 2 aromatic carbocycles. The van der Waals surface area contributed by atoms with E-state index in [2.05, 4.69) is 30.3 Å². The van der Waals surface area contributed by atoms with Gasteiger partial charge in [0.2, 0.25) is 0 Å². The van der Waals surface area contributed by atoms with E-state index in [1.807, 2.05) is 17.0 Å². The van der Waals surface area contributed by atoms with Crippen LogP contribution in [0.25, 0.3) is 11.1 Å². The zero-order chi connectivity index (χ0) is 13.5. The van der Waals surface area contributed by atoms with Crippen molar-refractivity contribution in [2.24, 2.45) is 0 Å². The second-order valence-electron chi connectivity index (χ2n) is 5.24. The number of anilines is 1. The fraction of sp³-hybridized carbons (Fsp3) is 0.235. The number of ether oxygens (including phenoxy) is 1. The molecule has 0 N–H and O–H groups in total. The van der Waals surface area contributed by atoms with Gasteiger partial charge in [-0.05, 0) is 28.3 Å². The molecule has 3 nitrogen and oxygen atoms in total. The molecule has 0 aromatic heterocycles. The van der Waals surface area contributed by atoms with E-state index in [-0.39, 0.29) is 12.5 Å². The number of hydrogen-bond donors (Lipinski definition) is 0. The molecular formula is C17H15NO2. The van der Waals surface area contributed by atoms with Crippen LogP contribution in [0.5, 0.6) is 0 Å². The van der Waals surface area contributed by atoms with Gasteiger partial charge in [-0.1, -0.05) is 36.4 Å². The van der Waals surface area contributed by atoms with Gasteiger partial charge < -0.3 is 9.64 Å². The van der Waals surface area contributed by atoms with Gasteiger partial charge in [-0.3, -0.25) is 4.79 Å². The maximum atomic E-state index is 12.1. The zero-order valence-electron chi connectivity index (χ0n) is 11.1. The average Bonchev–Trinajstić information content (AvgIpc) is 2.86. The highest BCUT2D eigenvalue weighted by Gasteiger charge is 2.27. The average molecular weight is 265 g/mol. The quantitative estimate of drug-likeness (QED) is 0.677. The molecule has 0 bridgehead atoms. The van der Waals surface area contributed by atoms with Crippen LogP contribution in [0.1, 0.15) is 11.1 Å². The minimum Gasteiger partial charge on any atom is -0.370 e. The summed E-state index contributed by atoms with van der Waals surface area (Å²) in [7, 11) is 0. The molecule has 1 amide bonds. The van der Waals surface area contributed by atoms with Gasteiger partial charge in [-0.2, -0.15) is 0 Å².